The van der Waals surface area contributed by atoms with E-state index in [1.54, 1.807) is 0 Å². The number of hydrogen-bond donors (Lipinski definition) is 0. The molecule has 6 aromatic carbocycles. The number of fused-ring (bicyclic) bond motifs is 4. The summed E-state index contributed by atoms with van der Waals surface area (Å²) < 4.78 is 13.2. The Labute approximate surface area is 250 Å². The van der Waals surface area contributed by atoms with Crippen molar-refractivity contribution in [1.29, 1.82) is 0 Å². The fourth-order valence-electron chi connectivity index (χ4n) is 6.41. The minimum atomic E-state index is 0.731. The lowest BCUT2D eigenvalue weighted by atomic mass is 9.84. The van der Waals surface area contributed by atoms with Crippen molar-refractivity contribution in [2.45, 2.75) is 66.2 Å². The van der Waals surface area contributed by atoms with E-state index < -0.39 is 0 Å². The lowest BCUT2D eigenvalue weighted by molar-refractivity contribution is 0.313. The van der Waals surface area contributed by atoms with E-state index in [1.807, 2.05) is 0 Å². The molecule has 6 aromatic rings. The highest BCUT2D eigenvalue weighted by Crippen LogP contribution is 2.50. The van der Waals surface area contributed by atoms with Crippen LogP contribution < -0.4 is 9.47 Å². The van der Waals surface area contributed by atoms with E-state index in [9.17, 15) is 0 Å². The smallest absolute Gasteiger partial charge is 0.134 e. The third-order valence-corrected chi connectivity index (χ3v) is 8.50. The van der Waals surface area contributed by atoms with Gasteiger partial charge in [0.25, 0.3) is 0 Å². The number of rotatable bonds is 11. The molecule has 0 amide bonds. The fourth-order valence-corrected chi connectivity index (χ4v) is 6.41. The number of unbranched alkanes of at least 4 members (excludes halogenated alkanes) is 4. The summed E-state index contributed by atoms with van der Waals surface area (Å²) >= 11 is 0. The molecule has 0 bridgehead atoms. The van der Waals surface area contributed by atoms with Crippen LogP contribution in [0, 0.1) is 13.8 Å². The second kappa shape index (κ2) is 12.4. The molecule has 0 spiro atoms. The monoisotopic (exact) mass is 554 g/mol. The zero-order valence-electron chi connectivity index (χ0n) is 25.6. The molecule has 2 heteroatoms. The third-order valence-electron chi connectivity index (χ3n) is 8.50. The van der Waals surface area contributed by atoms with E-state index in [2.05, 4.69) is 113 Å². The first-order valence-electron chi connectivity index (χ1n) is 15.8. The Balaban J connectivity index is 1.71. The van der Waals surface area contributed by atoms with Gasteiger partial charge in [-0.25, -0.2) is 0 Å². The summed E-state index contributed by atoms with van der Waals surface area (Å²) in [5, 5.41) is 9.63. The molecule has 214 valence electrons. The molecule has 0 N–H and O–H groups in total. The molecule has 42 heavy (non-hydrogen) atoms. The van der Waals surface area contributed by atoms with Gasteiger partial charge in [0, 0.05) is 21.5 Å². The molecular weight excluding hydrogens is 512 g/mol. The second-order valence-corrected chi connectivity index (χ2v) is 11.7. The van der Waals surface area contributed by atoms with Crippen LogP contribution >= 0.6 is 0 Å². The van der Waals surface area contributed by atoms with Crippen LogP contribution in [0.15, 0.2) is 84.9 Å². The highest BCUT2D eigenvalue weighted by atomic mass is 16.5. The van der Waals surface area contributed by atoms with Crippen LogP contribution in [0.2, 0.25) is 0 Å². The first-order valence-corrected chi connectivity index (χ1v) is 15.8. The lowest BCUT2D eigenvalue weighted by Gasteiger charge is -2.22. The van der Waals surface area contributed by atoms with Crippen molar-refractivity contribution in [3.63, 3.8) is 0 Å². The van der Waals surface area contributed by atoms with Gasteiger partial charge in [-0.3, -0.25) is 0 Å². The molecule has 0 atom stereocenters. The molecule has 0 unspecified atom stereocenters. The summed E-state index contributed by atoms with van der Waals surface area (Å²) in [6.45, 7) is 10.3. The normalized spacial score (nSPS) is 11.6. The van der Waals surface area contributed by atoms with Crippen molar-refractivity contribution in [2.75, 3.05) is 13.2 Å². The molecule has 0 radical (unpaired) electrons. The van der Waals surface area contributed by atoms with Crippen molar-refractivity contribution >= 4 is 43.1 Å². The molecule has 0 aromatic heterocycles. The van der Waals surface area contributed by atoms with Crippen LogP contribution in [0.4, 0.5) is 0 Å². The predicted molar refractivity (Wildman–Crippen MR) is 181 cm³/mol. The van der Waals surface area contributed by atoms with E-state index in [1.165, 1.54) is 91.0 Å². The summed E-state index contributed by atoms with van der Waals surface area (Å²) in [6, 6.07) is 31.3. The third kappa shape index (κ3) is 5.20. The average Bonchev–Trinajstić information content (AvgIpc) is 3.01. The highest BCUT2D eigenvalue weighted by Gasteiger charge is 2.22. The van der Waals surface area contributed by atoms with Gasteiger partial charge < -0.3 is 9.47 Å². The van der Waals surface area contributed by atoms with Crippen LogP contribution in [0.3, 0.4) is 0 Å². The van der Waals surface area contributed by atoms with E-state index in [0.717, 1.165) is 37.6 Å². The van der Waals surface area contributed by atoms with E-state index in [4.69, 9.17) is 9.47 Å². The Kier molecular flexibility index (Phi) is 8.33. The maximum Gasteiger partial charge on any atom is 0.134 e. The molecule has 0 saturated carbocycles. The number of benzene rings is 6. The van der Waals surface area contributed by atoms with Crippen LogP contribution in [0.5, 0.6) is 11.5 Å². The Morgan fingerprint density at radius 3 is 1.21 bits per heavy atom. The Morgan fingerprint density at radius 1 is 0.429 bits per heavy atom. The molecule has 0 fully saturated rings. The van der Waals surface area contributed by atoms with Crippen LogP contribution in [0.1, 0.15) is 63.5 Å². The standard InChI is InChI=1S/C40H42O2/c1-5-7-13-23-41-39-31-17-11-9-15-29(31)37(35-25-27(3)19-21-33(35)39)38-30-16-10-12-18-32(30)40(42-24-14-8-6-2)34-22-20-28(4)26-36(34)38/h9-12,15-22,25-26H,5-8,13-14,23-24H2,1-4H3. The van der Waals surface area contributed by atoms with Crippen molar-refractivity contribution in [3.8, 4) is 22.6 Å². The quantitative estimate of drug-likeness (QED) is 0.117. The van der Waals surface area contributed by atoms with E-state index in [0.29, 0.717) is 0 Å². The number of ether oxygens (including phenoxy) is 2. The summed E-state index contributed by atoms with van der Waals surface area (Å²) in [4.78, 5) is 0. The molecule has 2 nitrogen and oxygen atoms in total. The Hall–Kier alpha value is -4.04. The summed E-state index contributed by atoms with van der Waals surface area (Å²) in [5.74, 6) is 2.00. The largest absolute Gasteiger partial charge is 0.492 e. The van der Waals surface area contributed by atoms with Crippen LogP contribution in [0.25, 0.3) is 54.2 Å². The van der Waals surface area contributed by atoms with Gasteiger partial charge in [0.1, 0.15) is 11.5 Å². The van der Waals surface area contributed by atoms with Gasteiger partial charge in [0.05, 0.1) is 13.2 Å². The fraction of sp³-hybridized carbons (Fsp3) is 0.300. The first kappa shape index (κ1) is 28.1. The van der Waals surface area contributed by atoms with Gasteiger partial charge in [-0.15, -0.1) is 0 Å². The molecule has 0 heterocycles. The van der Waals surface area contributed by atoms with Gasteiger partial charge in [-0.05, 0) is 59.4 Å². The van der Waals surface area contributed by atoms with E-state index >= 15 is 0 Å². The minimum Gasteiger partial charge on any atom is -0.492 e. The molecular formula is C40H42O2. The van der Waals surface area contributed by atoms with Gasteiger partial charge in [0.15, 0.2) is 0 Å². The zero-order chi connectivity index (χ0) is 29.1. The SMILES string of the molecule is CCCCCOc1c2ccccc2c(-c2c3ccccc3c(OCCCCC)c3ccc(C)cc23)c2cc(C)ccc12. The van der Waals surface area contributed by atoms with Crippen molar-refractivity contribution in [1.82, 2.24) is 0 Å². The average molecular weight is 555 g/mol. The Morgan fingerprint density at radius 2 is 0.810 bits per heavy atom. The Bertz CT molecular complexity index is 1740. The van der Waals surface area contributed by atoms with Gasteiger partial charge in [-0.2, -0.15) is 0 Å². The van der Waals surface area contributed by atoms with Gasteiger partial charge >= 0.3 is 0 Å². The highest BCUT2D eigenvalue weighted by molar-refractivity contribution is 6.26. The molecule has 0 aliphatic carbocycles. The molecule has 0 aliphatic heterocycles. The number of hydrogen-bond acceptors (Lipinski definition) is 2. The molecule has 6 rings (SSSR count). The molecule has 0 aliphatic rings. The van der Waals surface area contributed by atoms with E-state index in [-0.39, 0.29) is 0 Å². The maximum atomic E-state index is 6.62. The van der Waals surface area contributed by atoms with Crippen LogP contribution in [-0.2, 0) is 0 Å². The zero-order valence-corrected chi connectivity index (χ0v) is 25.6. The van der Waals surface area contributed by atoms with Gasteiger partial charge in [-0.1, -0.05) is 136 Å². The lowest BCUT2D eigenvalue weighted by Crippen LogP contribution is -2.01. The minimum absolute atomic E-state index is 0.731. The van der Waals surface area contributed by atoms with Crippen LogP contribution in [-0.4, -0.2) is 13.2 Å². The van der Waals surface area contributed by atoms with Crippen molar-refractivity contribution < 1.29 is 9.47 Å². The summed E-state index contributed by atoms with van der Waals surface area (Å²) in [6.07, 6.45) is 6.85. The first-order chi connectivity index (χ1) is 20.6. The summed E-state index contributed by atoms with van der Waals surface area (Å²) in [5.41, 5.74) is 5.04. The predicted octanol–water partition coefficient (Wildman–Crippen LogP) is 11.7. The molecule has 0 saturated heterocycles. The summed E-state index contributed by atoms with van der Waals surface area (Å²) in [7, 11) is 0. The second-order valence-electron chi connectivity index (χ2n) is 11.7. The maximum absolute atomic E-state index is 6.62. The topological polar surface area (TPSA) is 18.5 Å². The van der Waals surface area contributed by atoms with Crippen molar-refractivity contribution in [2.24, 2.45) is 0 Å². The van der Waals surface area contributed by atoms with Crippen molar-refractivity contribution in [3.05, 3.63) is 96.1 Å². The van der Waals surface area contributed by atoms with Gasteiger partial charge in [0.2, 0.25) is 0 Å². The number of aryl methyl sites for hydroxylation is 2.